The van der Waals surface area contributed by atoms with Gasteiger partial charge in [-0.2, -0.15) is 5.10 Å². The van der Waals surface area contributed by atoms with E-state index >= 15 is 0 Å². The summed E-state index contributed by atoms with van der Waals surface area (Å²) in [5.41, 5.74) is 2.51. The predicted molar refractivity (Wildman–Crippen MR) is 86.2 cm³/mol. The van der Waals surface area contributed by atoms with Gasteiger partial charge in [0.2, 0.25) is 0 Å². The van der Waals surface area contributed by atoms with Crippen LogP contribution in [0.5, 0.6) is 0 Å². The summed E-state index contributed by atoms with van der Waals surface area (Å²) in [4.78, 5) is 4.23. The number of nitrogens with zero attached hydrogens (tertiary/aromatic N) is 3. The first-order valence-corrected chi connectivity index (χ1v) is 7.20. The molecule has 0 amide bonds. The van der Waals surface area contributed by atoms with Gasteiger partial charge in [-0.1, -0.05) is 24.3 Å². The average molecular weight is 285 g/mol. The van der Waals surface area contributed by atoms with E-state index in [2.05, 4.69) is 58.8 Å². The van der Waals surface area contributed by atoms with Crippen LogP contribution in [0, 0.1) is 0 Å². The summed E-state index contributed by atoms with van der Waals surface area (Å²) in [5.74, 6) is 0.818. The number of aromatic nitrogens is 2. The molecule has 2 N–H and O–H groups in total. The maximum Gasteiger partial charge on any atom is 0.191 e. The Labute approximate surface area is 126 Å². The minimum Gasteiger partial charge on any atom is -0.354 e. The third kappa shape index (κ3) is 4.63. The zero-order valence-electron chi connectivity index (χ0n) is 12.9. The van der Waals surface area contributed by atoms with Crippen LogP contribution in [0.25, 0.3) is 0 Å². The van der Waals surface area contributed by atoms with Crippen LogP contribution in [0.15, 0.2) is 47.7 Å². The fraction of sp³-hybridized carbons (Fsp3) is 0.375. The molecule has 112 valence electrons. The van der Waals surface area contributed by atoms with Crippen molar-refractivity contribution < 1.29 is 0 Å². The lowest BCUT2D eigenvalue weighted by molar-refractivity contribution is 0.673. The number of benzene rings is 1. The van der Waals surface area contributed by atoms with E-state index in [1.807, 2.05) is 16.9 Å². The molecular weight excluding hydrogens is 262 g/mol. The SMILES string of the molecule is CN=C(NCc1ccccc1Cn1cccn1)NC(C)C. The smallest absolute Gasteiger partial charge is 0.191 e. The van der Waals surface area contributed by atoms with Gasteiger partial charge in [0.05, 0.1) is 6.54 Å². The summed E-state index contributed by atoms with van der Waals surface area (Å²) in [6, 6.07) is 10.7. The largest absolute Gasteiger partial charge is 0.354 e. The molecule has 0 radical (unpaired) electrons. The number of aliphatic imine (C=N–C) groups is 1. The molecule has 0 aliphatic heterocycles. The third-order valence-electron chi connectivity index (χ3n) is 3.11. The van der Waals surface area contributed by atoms with E-state index in [-0.39, 0.29) is 0 Å². The number of hydrogen-bond acceptors (Lipinski definition) is 2. The molecule has 0 spiro atoms. The molecule has 1 aromatic heterocycles. The van der Waals surface area contributed by atoms with E-state index in [1.165, 1.54) is 11.1 Å². The first-order valence-electron chi connectivity index (χ1n) is 7.20. The van der Waals surface area contributed by atoms with Crippen LogP contribution in [0.3, 0.4) is 0 Å². The van der Waals surface area contributed by atoms with Crippen molar-refractivity contribution in [3.8, 4) is 0 Å². The summed E-state index contributed by atoms with van der Waals surface area (Å²) in [6.07, 6.45) is 3.78. The minimum absolute atomic E-state index is 0.357. The summed E-state index contributed by atoms with van der Waals surface area (Å²) in [7, 11) is 1.79. The van der Waals surface area contributed by atoms with Gasteiger partial charge in [-0.05, 0) is 31.0 Å². The van der Waals surface area contributed by atoms with E-state index in [4.69, 9.17) is 0 Å². The Morgan fingerprint density at radius 3 is 2.62 bits per heavy atom. The van der Waals surface area contributed by atoms with Crippen molar-refractivity contribution in [2.45, 2.75) is 33.0 Å². The zero-order valence-corrected chi connectivity index (χ0v) is 12.9. The standard InChI is InChI=1S/C16H23N5/c1-13(2)20-16(17-3)18-11-14-7-4-5-8-15(14)12-21-10-6-9-19-21/h4-10,13H,11-12H2,1-3H3,(H2,17,18,20). The normalized spacial score (nSPS) is 11.7. The van der Waals surface area contributed by atoms with Crippen LogP contribution < -0.4 is 10.6 Å². The molecule has 0 bridgehead atoms. The van der Waals surface area contributed by atoms with Crippen molar-refractivity contribution in [2.75, 3.05) is 7.05 Å². The molecular formula is C16H23N5. The van der Waals surface area contributed by atoms with E-state index in [9.17, 15) is 0 Å². The van der Waals surface area contributed by atoms with Crippen molar-refractivity contribution >= 4 is 5.96 Å². The zero-order chi connectivity index (χ0) is 15.1. The van der Waals surface area contributed by atoms with Crippen molar-refractivity contribution in [1.29, 1.82) is 0 Å². The number of rotatable bonds is 5. The Balaban J connectivity index is 2.03. The predicted octanol–water partition coefficient (Wildman–Crippen LogP) is 2.00. The number of nitrogens with one attached hydrogen (secondary N) is 2. The Morgan fingerprint density at radius 2 is 2.00 bits per heavy atom. The molecule has 21 heavy (non-hydrogen) atoms. The van der Waals surface area contributed by atoms with Gasteiger partial charge in [0.15, 0.2) is 5.96 Å². The van der Waals surface area contributed by atoms with Crippen LogP contribution >= 0.6 is 0 Å². The van der Waals surface area contributed by atoms with E-state index in [0.29, 0.717) is 6.04 Å². The van der Waals surface area contributed by atoms with Gasteiger partial charge in [-0.15, -0.1) is 0 Å². The molecule has 0 unspecified atom stereocenters. The molecule has 1 aromatic carbocycles. The minimum atomic E-state index is 0.357. The number of hydrogen-bond donors (Lipinski definition) is 2. The highest BCUT2D eigenvalue weighted by molar-refractivity contribution is 5.79. The van der Waals surface area contributed by atoms with Crippen molar-refractivity contribution in [1.82, 2.24) is 20.4 Å². The lowest BCUT2D eigenvalue weighted by Gasteiger charge is -2.16. The van der Waals surface area contributed by atoms with Gasteiger partial charge in [0, 0.05) is 32.0 Å². The van der Waals surface area contributed by atoms with E-state index in [1.54, 1.807) is 13.2 Å². The monoisotopic (exact) mass is 285 g/mol. The summed E-state index contributed by atoms with van der Waals surface area (Å²) >= 11 is 0. The highest BCUT2D eigenvalue weighted by Gasteiger charge is 2.05. The molecule has 0 saturated carbocycles. The second kappa shape index (κ2) is 7.47. The van der Waals surface area contributed by atoms with Gasteiger partial charge in [-0.3, -0.25) is 9.67 Å². The van der Waals surface area contributed by atoms with Gasteiger partial charge in [0.25, 0.3) is 0 Å². The van der Waals surface area contributed by atoms with Crippen molar-refractivity contribution in [2.24, 2.45) is 4.99 Å². The topological polar surface area (TPSA) is 54.2 Å². The fourth-order valence-electron chi connectivity index (χ4n) is 2.10. The molecule has 0 aliphatic carbocycles. The van der Waals surface area contributed by atoms with Gasteiger partial charge >= 0.3 is 0 Å². The fourth-order valence-corrected chi connectivity index (χ4v) is 2.10. The quantitative estimate of drug-likeness (QED) is 0.652. The van der Waals surface area contributed by atoms with Gasteiger partial charge in [-0.25, -0.2) is 0 Å². The van der Waals surface area contributed by atoms with Crippen LogP contribution in [-0.2, 0) is 13.1 Å². The molecule has 0 atom stereocenters. The van der Waals surface area contributed by atoms with E-state index < -0.39 is 0 Å². The second-order valence-corrected chi connectivity index (χ2v) is 5.20. The van der Waals surface area contributed by atoms with Crippen molar-refractivity contribution in [3.63, 3.8) is 0 Å². The lowest BCUT2D eigenvalue weighted by Crippen LogP contribution is -2.40. The Kier molecular flexibility index (Phi) is 5.37. The van der Waals surface area contributed by atoms with Crippen LogP contribution in [0.4, 0.5) is 0 Å². The highest BCUT2D eigenvalue weighted by atomic mass is 15.3. The maximum atomic E-state index is 4.26. The Hall–Kier alpha value is -2.30. The Bertz CT molecular complexity index is 572. The average Bonchev–Trinajstić information content (AvgIpc) is 2.97. The molecule has 1 heterocycles. The third-order valence-corrected chi connectivity index (χ3v) is 3.11. The van der Waals surface area contributed by atoms with Crippen LogP contribution in [0.1, 0.15) is 25.0 Å². The summed E-state index contributed by atoms with van der Waals surface area (Å²) < 4.78 is 1.93. The number of guanidine groups is 1. The summed E-state index contributed by atoms with van der Waals surface area (Å²) in [6.45, 7) is 5.71. The van der Waals surface area contributed by atoms with Gasteiger partial charge < -0.3 is 10.6 Å². The van der Waals surface area contributed by atoms with E-state index in [0.717, 1.165) is 19.0 Å². The Morgan fingerprint density at radius 1 is 1.24 bits per heavy atom. The van der Waals surface area contributed by atoms with Crippen LogP contribution in [0.2, 0.25) is 0 Å². The molecule has 0 aliphatic rings. The molecule has 0 fully saturated rings. The van der Waals surface area contributed by atoms with Crippen molar-refractivity contribution in [3.05, 3.63) is 53.9 Å². The first kappa shape index (κ1) is 15.1. The maximum absolute atomic E-state index is 4.26. The molecule has 5 heteroatoms. The van der Waals surface area contributed by atoms with Gasteiger partial charge in [0.1, 0.15) is 0 Å². The highest BCUT2D eigenvalue weighted by Crippen LogP contribution is 2.10. The lowest BCUT2D eigenvalue weighted by atomic mass is 10.1. The first-order chi connectivity index (χ1) is 10.2. The molecule has 0 saturated heterocycles. The molecule has 2 rings (SSSR count). The molecule has 5 nitrogen and oxygen atoms in total. The second-order valence-electron chi connectivity index (χ2n) is 5.20. The van der Waals surface area contributed by atoms with Crippen LogP contribution in [-0.4, -0.2) is 28.8 Å². The summed E-state index contributed by atoms with van der Waals surface area (Å²) in [5, 5.41) is 10.9. The molecule has 2 aromatic rings.